The topological polar surface area (TPSA) is 24.5 Å². The Morgan fingerprint density at radius 1 is 1.38 bits per heavy atom. The van der Waals surface area contributed by atoms with Gasteiger partial charge in [-0.15, -0.1) is 0 Å². The van der Waals surface area contributed by atoms with E-state index in [1.165, 1.54) is 45.3 Å². The zero-order valence-electron chi connectivity index (χ0n) is 10.7. The quantitative estimate of drug-likeness (QED) is 0.789. The van der Waals surface area contributed by atoms with Crippen molar-refractivity contribution in [3.05, 3.63) is 0 Å². The van der Waals surface area contributed by atoms with Crippen LogP contribution in [0.4, 0.5) is 0 Å². The van der Waals surface area contributed by atoms with E-state index >= 15 is 0 Å². The van der Waals surface area contributed by atoms with Crippen molar-refractivity contribution in [1.82, 2.24) is 10.2 Å². The van der Waals surface area contributed by atoms with Gasteiger partial charge in [-0.1, -0.05) is 6.92 Å². The zero-order valence-corrected chi connectivity index (χ0v) is 10.7. The molecule has 0 spiro atoms. The van der Waals surface area contributed by atoms with Crippen molar-refractivity contribution in [2.24, 2.45) is 5.92 Å². The molecule has 3 heteroatoms. The van der Waals surface area contributed by atoms with Crippen LogP contribution < -0.4 is 5.32 Å². The van der Waals surface area contributed by atoms with Crippen molar-refractivity contribution in [3.8, 4) is 0 Å². The van der Waals surface area contributed by atoms with E-state index in [1.807, 2.05) is 7.11 Å². The Morgan fingerprint density at radius 3 is 3.00 bits per heavy atom. The van der Waals surface area contributed by atoms with Gasteiger partial charge in [-0.3, -0.25) is 4.90 Å². The second kappa shape index (κ2) is 5.99. The van der Waals surface area contributed by atoms with Gasteiger partial charge in [0.1, 0.15) is 0 Å². The molecule has 0 amide bonds. The highest BCUT2D eigenvalue weighted by atomic mass is 16.5. The van der Waals surface area contributed by atoms with Crippen LogP contribution in [-0.2, 0) is 4.74 Å². The maximum absolute atomic E-state index is 5.47. The van der Waals surface area contributed by atoms with Crippen LogP contribution in [-0.4, -0.2) is 50.3 Å². The summed E-state index contributed by atoms with van der Waals surface area (Å²) in [6.45, 7) is 7.18. The van der Waals surface area contributed by atoms with E-state index in [2.05, 4.69) is 17.1 Å². The Labute approximate surface area is 99.5 Å². The van der Waals surface area contributed by atoms with Gasteiger partial charge in [-0.2, -0.15) is 0 Å². The molecule has 94 valence electrons. The number of ether oxygens (including phenoxy) is 1. The summed E-state index contributed by atoms with van der Waals surface area (Å²) < 4.78 is 5.47. The van der Waals surface area contributed by atoms with E-state index in [0.29, 0.717) is 12.1 Å². The lowest BCUT2D eigenvalue weighted by Gasteiger charge is -2.37. The Bertz CT molecular complexity index is 210. The summed E-state index contributed by atoms with van der Waals surface area (Å²) in [7, 11) is 1.84. The second-order valence-electron chi connectivity index (χ2n) is 5.54. The van der Waals surface area contributed by atoms with E-state index in [0.717, 1.165) is 12.5 Å². The third-order valence-electron chi connectivity index (χ3n) is 4.03. The average Bonchev–Trinajstić information content (AvgIpc) is 2.29. The van der Waals surface area contributed by atoms with Gasteiger partial charge < -0.3 is 10.1 Å². The molecule has 2 heterocycles. The molecule has 2 rings (SSSR count). The fourth-order valence-electron chi connectivity index (χ4n) is 3.04. The van der Waals surface area contributed by atoms with Gasteiger partial charge in [-0.05, 0) is 44.7 Å². The van der Waals surface area contributed by atoms with Crippen LogP contribution in [0.1, 0.15) is 32.6 Å². The molecule has 2 fully saturated rings. The van der Waals surface area contributed by atoms with E-state index in [9.17, 15) is 0 Å². The van der Waals surface area contributed by atoms with Gasteiger partial charge >= 0.3 is 0 Å². The van der Waals surface area contributed by atoms with E-state index in [1.54, 1.807) is 0 Å². The molecule has 0 saturated carbocycles. The largest absolute Gasteiger partial charge is 0.380 e. The standard InChI is InChI=1S/C13H26N2O/c1-11-5-6-14-12(8-11)9-15-7-3-4-13(10-15)16-2/h11-14H,3-10H2,1-2H3. The van der Waals surface area contributed by atoms with Crippen molar-refractivity contribution in [2.75, 3.05) is 33.3 Å². The third-order valence-corrected chi connectivity index (χ3v) is 4.03. The number of nitrogens with zero attached hydrogens (tertiary/aromatic N) is 1. The molecule has 16 heavy (non-hydrogen) atoms. The Hall–Kier alpha value is -0.120. The molecule has 2 saturated heterocycles. The monoisotopic (exact) mass is 226 g/mol. The summed E-state index contributed by atoms with van der Waals surface area (Å²) in [5.74, 6) is 0.897. The molecule has 0 bridgehead atoms. The van der Waals surface area contributed by atoms with Crippen LogP contribution >= 0.6 is 0 Å². The highest BCUT2D eigenvalue weighted by Crippen LogP contribution is 2.18. The normalized spacial score (nSPS) is 37.5. The summed E-state index contributed by atoms with van der Waals surface area (Å²) in [4.78, 5) is 2.58. The van der Waals surface area contributed by atoms with Crippen molar-refractivity contribution in [1.29, 1.82) is 0 Å². The van der Waals surface area contributed by atoms with Crippen LogP contribution in [0.2, 0.25) is 0 Å². The number of hydrogen-bond acceptors (Lipinski definition) is 3. The average molecular weight is 226 g/mol. The van der Waals surface area contributed by atoms with Gasteiger partial charge in [0.2, 0.25) is 0 Å². The van der Waals surface area contributed by atoms with Crippen LogP contribution in [0.3, 0.4) is 0 Å². The summed E-state index contributed by atoms with van der Waals surface area (Å²) in [6.07, 6.45) is 5.68. The van der Waals surface area contributed by atoms with Crippen molar-refractivity contribution in [3.63, 3.8) is 0 Å². The van der Waals surface area contributed by atoms with Crippen LogP contribution in [0, 0.1) is 5.92 Å². The number of nitrogens with one attached hydrogen (secondary N) is 1. The van der Waals surface area contributed by atoms with E-state index in [4.69, 9.17) is 4.74 Å². The Kier molecular flexibility index (Phi) is 4.62. The van der Waals surface area contributed by atoms with Crippen molar-refractivity contribution in [2.45, 2.75) is 44.8 Å². The molecular weight excluding hydrogens is 200 g/mol. The molecular formula is C13H26N2O. The first kappa shape index (κ1) is 12.3. The highest BCUT2D eigenvalue weighted by molar-refractivity contribution is 4.82. The summed E-state index contributed by atoms with van der Waals surface area (Å²) in [5.41, 5.74) is 0. The predicted octanol–water partition coefficient (Wildman–Crippen LogP) is 1.49. The molecule has 3 atom stereocenters. The molecule has 0 radical (unpaired) electrons. The van der Waals surface area contributed by atoms with E-state index in [-0.39, 0.29) is 0 Å². The lowest BCUT2D eigenvalue weighted by molar-refractivity contribution is 0.0261. The molecule has 2 aliphatic rings. The van der Waals surface area contributed by atoms with Crippen LogP contribution in [0.5, 0.6) is 0 Å². The number of methoxy groups -OCH3 is 1. The van der Waals surface area contributed by atoms with E-state index < -0.39 is 0 Å². The highest BCUT2D eigenvalue weighted by Gasteiger charge is 2.24. The number of likely N-dealkylation sites (tertiary alicyclic amines) is 1. The summed E-state index contributed by atoms with van der Waals surface area (Å²) >= 11 is 0. The lowest BCUT2D eigenvalue weighted by Crippen LogP contribution is -2.49. The zero-order chi connectivity index (χ0) is 11.4. The molecule has 0 aromatic heterocycles. The van der Waals surface area contributed by atoms with Gasteiger partial charge in [0, 0.05) is 26.2 Å². The fourth-order valence-corrected chi connectivity index (χ4v) is 3.04. The summed E-state index contributed by atoms with van der Waals surface area (Å²) in [6, 6.07) is 0.708. The molecule has 3 nitrogen and oxygen atoms in total. The van der Waals surface area contributed by atoms with Gasteiger partial charge in [0.25, 0.3) is 0 Å². The Morgan fingerprint density at radius 2 is 2.25 bits per heavy atom. The molecule has 0 aliphatic carbocycles. The van der Waals surface area contributed by atoms with Gasteiger partial charge in [-0.25, -0.2) is 0 Å². The number of piperidine rings is 2. The minimum absolute atomic E-state index is 0.467. The molecule has 1 N–H and O–H groups in total. The van der Waals surface area contributed by atoms with Crippen molar-refractivity contribution < 1.29 is 4.74 Å². The predicted molar refractivity (Wildman–Crippen MR) is 66.7 cm³/mol. The third kappa shape index (κ3) is 3.44. The maximum atomic E-state index is 5.47. The minimum atomic E-state index is 0.467. The SMILES string of the molecule is COC1CCCN(CC2CC(C)CCN2)C1. The maximum Gasteiger partial charge on any atom is 0.0698 e. The number of hydrogen-bond donors (Lipinski definition) is 1. The fraction of sp³-hybridized carbons (Fsp3) is 1.00. The summed E-state index contributed by atoms with van der Waals surface area (Å²) in [5, 5.41) is 3.65. The molecule has 3 unspecified atom stereocenters. The molecule has 2 aliphatic heterocycles. The minimum Gasteiger partial charge on any atom is -0.380 e. The number of rotatable bonds is 3. The second-order valence-corrected chi connectivity index (χ2v) is 5.54. The van der Waals surface area contributed by atoms with Gasteiger partial charge in [0.05, 0.1) is 6.10 Å². The molecule has 0 aromatic carbocycles. The van der Waals surface area contributed by atoms with Crippen molar-refractivity contribution >= 4 is 0 Å². The lowest BCUT2D eigenvalue weighted by atomic mass is 9.93. The van der Waals surface area contributed by atoms with Crippen LogP contribution in [0.25, 0.3) is 0 Å². The smallest absolute Gasteiger partial charge is 0.0698 e. The first-order valence-corrected chi connectivity index (χ1v) is 6.76. The van der Waals surface area contributed by atoms with Crippen LogP contribution in [0.15, 0.2) is 0 Å². The first-order chi connectivity index (χ1) is 7.78. The van der Waals surface area contributed by atoms with Gasteiger partial charge in [0.15, 0.2) is 0 Å². The molecule has 0 aromatic rings. The first-order valence-electron chi connectivity index (χ1n) is 6.76. The Balaban J connectivity index is 1.75.